The van der Waals surface area contributed by atoms with Gasteiger partial charge in [-0.15, -0.1) is 0 Å². The Morgan fingerprint density at radius 3 is 2.65 bits per heavy atom. The number of hydrogen-bond acceptors (Lipinski definition) is 4. The molecule has 0 unspecified atom stereocenters. The number of amides is 1. The summed E-state index contributed by atoms with van der Waals surface area (Å²) in [6, 6.07) is 14.5. The maximum atomic E-state index is 12.3. The number of benzene rings is 2. The van der Waals surface area contributed by atoms with Gasteiger partial charge in [0.05, 0.1) is 24.6 Å². The van der Waals surface area contributed by atoms with Crippen molar-refractivity contribution in [2.24, 2.45) is 0 Å². The van der Waals surface area contributed by atoms with Gasteiger partial charge < -0.3 is 14.6 Å². The third kappa shape index (κ3) is 3.97. The van der Waals surface area contributed by atoms with Gasteiger partial charge in [0.25, 0.3) is 5.56 Å². The number of rotatable bonds is 5. The number of H-pyrrole nitrogens is 1. The minimum Gasteiger partial charge on any atom is -0.497 e. The molecule has 0 aliphatic rings. The highest BCUT2D eigenvalue weighted by atomic mass is 16.5. The van der Waals surface area contributed by atoms with E-state index in [0.29, 0.717) is 16.7 Å². The van der Waals surface area contributed by atoms with Crippen LogP contribution in [0.5, 0.6) is 5.75 Å². The average Bonchev–Trinajstić information content (AvgIpc) is 2.66. The van der Waals surface area contributed by atoms with Crippen LogP contribution in [0.1, 0.15) is 11.4 Å². The fourth-order valence-electron chi connectivity index (χ4n) is 2.52. The number of para-hydroxylation sites is 1. The van der Waals surface area contributed by atoms with Crippen LogP contribution in [0.4, 0.5) is 0 Å². The molecule has 3 aromatic rings. The first-order valence-corrected chi connectivity index (χ1v) is 8.12. The Bertz CT molecular complexity index is 1010. The van der Waals surface area contributed by atoms with Crippen LogP contribution in [0.25, 0.3) is 17.0 Å². The van der Waals surface area contributed by atoms with Crippen LogP contribution >= 0.6 is 0 Å². The topological polar surface area (TPSA) is 75.3 Å². The van der Waals surface area contributed by atoms with E-state index >= 15 is 0 Å². The number of methoxy groups -OCH3 is 1. The summed E-state index contributed by atoms with van der Waals surface area (Å²) < 4.78 is 5.10. The van der Waals surface area contributed by atoms with Gasteiger partial charge in [-0.25, -0.2) is 4.98 Å². The van der Waals surface area contributed by atoms with Gasteiger partial charge in [0.1, 0.15) is 11.6 Å². The summed E-state index contributed by atoms with van der Waals surface area (Å²) in [5.41, 5.74) is 1.30. The Balaban J connectivity index is 1.70. The van der Waals surface area contributed by atoms with E-state index in [0.717, 1.165) is 11.3 Å². The van der Waals surface area contributed by atoms with E-state index < -0.39 is 0 Å². The molecule has 1 amide bonds. The summed E-state index contributed by atoms with van der Waals surface area (Å²) in [5, 5.41) is 0.532. The van der Waals surface area contributed by atoms with Gasteiger partial charge >= 0.3 is 0 Å². The van der Waals surface area contributed by atoms with Crippen molar-refractivity contribution >= 4 is 22.9 Å². The molecule has 1 N–H and O–H groups in total. The summed E-state index contributed by atoms with van der Waals surface area (Å²) in [6.45, 7) is 0.214. The summed E-state index contributed by atoms with van der Waals surface area (Å²) in [5.74, 6) is 1.02. The van der Waals surface area contributed by atoms with Crippen LogP contribution in [-0.2, 0) is 11.3 Å². The summed E-state index contributed by atoms with van der Waals surface area (Å²) in [6.07, 6.45) is 3.22. The Morgan fingerprint density at radius 1 is 1.19 bits per heavy atom. The minimum absolute atomic E-state index is 0.184. The molecule has 0 fully saturated rings. The lowest BCUT2D eigenvalue weighted by Crippen LogP contribution is -2.26. The maximum Gasteiger partial charge on any atom is 0.258 e. The molecule has 0 saturated carbocycles. The molecule has 0 spiro atoms. The smallest absolute Gasteiger partial charge is 0.258 e. The number of carbonyl (C=O) groups excluding carboxylic acids is 1. The van der Waals surface area contributed by atoms with Crippen LogP contribution in [0.2, 0.25) is 0 Å². The molecule has 132 valence electrons. The molecular weight excluding hydrogens is 330 g/mol. The molecule has 6 heteroatoms. The fourth-order valence-corrected chi connectivity index (χ4v) is 2.52. The first kappa shape index (κ1) is 17.4. The monoisotopic (exact) mass is 349 g/mol. The Kier molecular flexibility index (Phi) is 5.12. The first-order chi connectivity index (χ1) is 12.6. The SMILES string of the molecule is COc1ccc(C=CC(=O)N(C)Cc2nc3ccccc3c(=O)[nH]2)cc1. The normalized spacial score (nSPS) is 11.0. The van der Waals surface area contributed by atoms with Crippen molar-refractivity contribution in [2.75, 3.05) is 14.2 Å². The van der Waals surface area contributed by atoms with E-state index in [1.54, 1.807) is 38.4 Å². The molecule has 0 saturated heterocycles. The van der Waals surface area contributed by atoms with Crippen LogP contribution < -0.4 is 10.3 Å². The second-order valence-corrected chi connectivity index (χ2v) is 5.83. The van der Waals surface area contributed by atoms with E-state index in [4.69, 9.17) is 4.74 Å². The number of carbonyl (C=O) groups is 1. The van der Waals surface area contributed by atoms with Gasteiger partial charge in [0, 0.05) is 13.1 Å². The minimum atomic E-state index is -0.208. The van der Waals surface area contributed by atoms with Gasteiger partial charge in [0.15, 0.2) is 0 Å². The summed E-state index contributed by atoms with van der Waals surface area (Å²) in [4.78, 5) is 33.0. The van der Waals surface area contributed by atoms with Crippen molar-refractivity contribution in [3.05, 3.63) is 76.3 Å². The second kappa shape index (κ2) is 7.65. The molecule has 0 bridgehead atoms. The average molecular weight is 349 g/mol. The highest BCUT2D eigenvalue weighted by Gasteiger charge is 2.09. The lowest BCUT2D eigenvalue weighted by atomic mass is 10.2. The highest BCUT2D eigenvalue weighted by molar-refractivity contribution is 5.91. The van der Waals surface area contributed by atoms with Gasteiger partial charge in [-0.2, -0.15) is 0 Å². The number of fused-ring (bicyclic) bond motifs is 1. The van der Waals surface area contributed by atoms with Crippen LogP contribution in [-0.4, -0.2) is 34.9 Å². The molecule has 26 heavy (non-hydrogen) atoms. The van der Waals surface area contributed by atoms with Gasteiger partial charge in [-0.1, -0.05) is 24.3 Å². The van der Waals surface area contributed by atoms with Crippen LogP contribution in [0, 0.1) is 0 Å². The third-order valence-electron chi connectivity index (χ3n) is 3.96. The zero-order valence-corrected chi connectivity index (χ0v) is 14.6. The quantitative estimate of drug-likeness (QED) is 0.719. The van der Waals surface area contributed by atoms with E-state index in [-0.39, 0.29) is 18.0 Å². The van der Waals surface area contributed by atoms with Crippen molar-refractivity contribution in [2.45, 2.75) is 6.54 Å². The van der Waals surface area contributed by atoms with Crippen molar-refractivity contribution in [1.29, 1.82) is 0 Å². The highest BCUT2D eigenvalue weighted by Crippen LogP contribution is 2.12. The van der Waals surface area contributed by atoms with Crippen molar-refractivity contribution < 1.29 is 9.53 Å². The van der Waals surface area contributed by atoms with Gasteiger partial charge in [-0.3, -0.25) is 9.59 Å². The predicted octanol–water partition coefficient (Wildman–Crippen LogP) is 2.60. The van der Waals surface area contributed by atoms with Crippen molar-refractivity contribution in [3.8, 4) is 5.75 Å². The molecule has 2 aromatic carbocycles. The van der Waals surface area contributed by atoms with Gasteiger partial charge in [0.2, 0.25) is 5.91 Å². The first-order valence-electron chi connectivity index (χ1n) is 8.12. The van der Waals surface area contributed by atoms with E-state index in [1.807, 2.05) is 30.3 Å². The van der Waals surface area contributed by atoms with E-state index in [1.165, 1.54) is 11.0 Å². The zero-order valence-electron chi connectivity index (χ0n) is 14.6. The molecule has 3 rings (SSSR count). The number of nitrogens with one attached hydrogen (secondary N) is 1. The third-order valence-corrected chi connectivity index (χ3v) is 3.96. The molecule has 1 heterocycles. The van der Waals surface area contributed by atoms with Crippen molar-refractivity contribution in [1.82, 2.24) is 14.9 Å². The van der Waals surface area contributed by atoms with Gasteiger partial charge in [-0.05, 0) is 35.9 Å². The zero-order chi connectivity index (χ0) is 18.5. The number of aromatic nitrogens is 2. The molecule has 0 atom stereocenters. The largest absolute Gasteiger partial charge is 0.497 e. The molecular formula is C20H19N3O3. The van der Waals surface area contributed by atoms with Crippen LogP contribution in [0.15, 0.2) is 59.4 Å². The van der Waals surface area contributed by atoms with Crippen LogP contribution in [0.3, 0.4) is 0 Å². The molecule has 1 aromatic heterocycles. The predicted molar refractivity (Wildman–Crippen MR) is 101 cm³/mol. The lowest BCUT2D eigenvalue weighted by molar-refractivity contribution is -0.125. The Hall–Kier alpha value is -3.41. The molecule has 0 radical (unpaired) electrons. The number of hydrogen-bond donors (Lipinski definition) is 1. The maximum absolute atomic E-state index is 12.3. The molecule has 0 aliphatic carbocycles. The Labute approximate surface area is 150 Å². The van der Waals surface area contributed by atoms with E-state index in [9.17, 15) is 9.59 Å². The molecule has 6 nitrogen and oxygen atoms in total. The summed E-state index contributed by atoms with van der Waals surface area (Å²) >= 11 is 0. The Morgan fingerprint density at radius 2 is 1.92 bits per heavy atom. The standard InChI is InChI=1S/C20H19N3O3/c1-23(19(24)12-9-14-7-10-15(26-2)11-8-14)13-18-21-17-6-4-3-5-16(17)20(25)22-18/h3-12H,13H2,1-2H3,(H,21,22,25). The van der Waals surface area contributed by atoms with E-state index in [2.05, 4.69) is 9.97 Å². The second-order valence-electron chi connectivity index (χ2n) is 5.83. The lowest BCUT2D eigenvalue weighted by Gasteiger charge is -2.14. The fraction of sp³-hybridized carbons (Fsp3) is 0.150. The number of nitrogens with zero attached hydrogens (tertiary/aromatic N) is 2. The number of likely N-dealkylation sites (N-methyl/N-ethyl adjacent to an activating group) is 1. The summed E-state index contributed by atoms with van der Waals surface area (Å²) in [7, 11) is 3.27. The van der Waals surface area contributed by atoms with Crippen molar-refractivity contribution in [3.63, 3.8) is 0 Å². The molecule has 0 aliphatic heterocycles. The number of ether oxygens (including phenoxy) is 1. The number of aromatic amines is 1.